The molecule has 36 heavy (non-hydrogen) atoms. The summed E-state index contributed by atoms with van der Waals surface area (Å²) in [4.78, 5) is 29.1. The number of alkyl halides is 3. The van der Waals surface area contributed by atoms with E-state index in [-0.39, 0.29) is 29.4 Å². The highest BCUT2D eigenvalue weighted by Crippen LogP contribution is 2.35. The van der Waals surface area contributed by atoms with E-state index in [2.05, 4.69) is 15.6 Å². The summed E-state index contributed by atoms with van der Waals surface area (Å²) in [6.45, 7) is -0.117. The van der Waals surface area contributed by atoms with Crippen LogP contribution in [0.4, 0.5) is 13.2 Å². The molecule has 0 bridgehead atoms. The van der Waals surface area contributed by atoms with E-state index in [1.807, 2.05) is 0 Å². The molecule has 4 rings (SSSR count). The lowest BCUT2D eigenvalue weighted by molar-refractivity contribution is -0.142. The van der Waals surface area contributed by atoms with Gasteiger partial charge in [0.05, 0.1) is 23.9 Å². The molecule has 0 spiro atoms. The summed E-state index contributed by atoms with van der Waals surface area (Å²) in [7, 11) is 0. The number of ether oxygens (including phenoxy) is 1. The van der Waals surface area contributed by atoms with Crippen molar-refractivity contribution in [2.24, 2.45) is 5.92 Å². The van der Waals surface area contributed by atoms with Gasteiger partial charge in [-0.3, -0.25) is 19.5 Å². The van der Waals surface area contributed by atoms with E-state index in [1.165, 1.54) is 6.07 Å². The van der Waals surface area contributed by atoms with Gasteiger partial charge in [0.25, 0.3) is 5.56 Å². The van der Waals surface area contributed by atoms with Crippen molar-refractivity contribution in [3.05, 3.63) is 86.0 Å². The van der Waals surface area contributed by atoms with Gasteiger partial charge >= 0.3 is 6.18 Å². The predicted octanol–water partition coefficient (Wildman–Crippen LogP) is 4.27. The van der Waals surface area contributed by atoms with Crippen LogP contribution in [-0.4, -0.2) is 22.0 Å². The van der Waals surface area contributed by atoms with Crippen LogP contribution in [0.1, 0.15) is 23.0 Å². The van der Waals surface area contributed by atoms with E-state index in [0.717, 1.165) is 28.6 Å². The van der Waals surface area contributed by atoms with Gasteiger partial charge in [0.2, 0.25) is 11.7 Å². The Labute approximate surface area is 212 Å². The Hall–Kier alpha value is -3.59. The van der Waals surface area contributed by atoms with Crippen LogP contribution in [0.25, 0.3) is 0 Å². The molecule has 2 heterocycles. The topological polar surface area (TPSA) is 109 Å². The van der Waals surface area contributed by atoms with Crippen molar-refractivity contribution < 1.29 is 22.7 Å². The minimum atomic E-state index is -5.00. The van der Waals surface area contributed by atoms with Crippen LogP contribution in [0.15, 0.2) is 53.6 Å². The van der Waals surface area contributed by atoms with E-state index < -0.39 is 41.2 Å². The second kappa shape index (κ2) is 10.2. The smallest absolute Gasteiger partial charge is 0.437 e. The molecule has 1 amide bonds. The van der Waals surface area contributed by atoms with E-state index in [9.17, 15) is 22.8 Å². The number of rotatable bonds is 5. The zero-order chi connectivity index (χ0) is 26.0. The van der Waals surface area contributed by atoms with Crippen molar-refractivity contribution in [1.29, 1.82) is 5.26 Å². The van der Waals surface area contributed by atoms with Crippen molar-refractivity contribution >= 4 is 29.1 Å². The van der Waals surface area contributed by atoms with Crippen molar-refractivity contribution in [2.75, 3.05) is 6.54 Å². The van der Waals surface area contributed by atoms with Crippen LogP contribution in [0, 0.1) is 17.2 Å². The molecule has 1 fully saturated rings. The highest BCUT2D eigenvalue weighted by atomic mass is 35.5. The van der Waals surface area contributed by atoms with E-state index in [4.69, 9.17) is 33.2 Å². The van der Waals surface area contributed by atoms with E-state index in [0.29, 0.717) is 5.02 Å². The fourth-order valence-corrected chi connectivity index (χ4v) is 3.95. The molecular formula is C23H16Cl2F3N5O3. The highest BCUT2D eigenvalue weighted by Gasteiger charge is 2.39. The molecule has 2 unspecified atom stereocenters. The fourth-order valence-electron chi connectivity index (χ4n) is 3.60. The lowest BCUT2D eigenvalue weighted by Crippen LogP contribution is -2.52. The van der Waals surface area contributed by atoms with Gasteiger partial charge < -0.3 is 10.1 Å². The summed E-state index contributed by atoms with van der Waals surface area (Å²) in [6, 6.07) is 12.2. The van der Waals surface area contributed by atoms with E-state index in [1.54, 1.807) is 30.3 Å². The molecule has 186 valence electrons. The number of benzene rings is 2. The van der Waals surface area contributed by atoms with Gasteiger partial charge in [-0.05, 0) is 35.9 Å². The molecule has 13 heteroatoms. The lowest BCUT2D eigenvalue weighted by atomic mass is 10.0. The summed E-state index contributed by atoms with van der Waals surface area (Å²) in [6.07, 6.45) is -4.78. The van der Waals surface area contributed by atoms with Crippen molar-refractivity contribution in [1.82, 2.24) is 20.2 Å². The molecule has 0 aliphatic carbocycles. The summed E-state index contributed by atoms with van der Waals surface area (Å²) in [5, 5.41) is 15.5. The van der Waals surface area contributed by atoms with Gasteiger partial charge in [-0.15, -0.1) is 0 Å². The number of carbonyl (C=O) groups excluding carboxylic acids is 1. The molecule has 1 aliphatic heterocycles. The monoisotopic (exact) mass is 537 g/mol. The second-order valence-corrected chi connectivity index (χ2v) is 8.74. The average Bonchev–Trinajstić information content (AvgIpc) is 2.82. The first kappa shape index (κ1) is 25.5. The molecule has 3 aromatic rings. The number of aromatic nitrogens is 2. The molecule has 0 saturated carbocycles. The number of nitrogens with zero attached hydrogens (tertiary/aromatic N) is 3. The average molecular weight is 538 g/mol. The molecular weight excluding hydrogens is 522 g/mol. The van der Waals surface area contributed by atoms with Gasteiger partial charge in [0.15, 0.2) is 5.69 Å². The Morgan fingerprint density at radius 3 is 2.50 bits per heavy atom. The van der Waals surface area contributed by atoms with Crippen LogP contribution in [0.2, 0.25) is 10.0 Å². The number of nitriles is 1. The van der Waals surface area contributed by atoms with Crippen molar-refractivity contribution in [2.45, 2.75) is 18.9 Å². The number of carbonyl (C=O) groups is 1. The molecule has 1 aliphatic rings. The normalized spacial score (nSPS) is 17.8. The number of amides is 1. The number of nitrogens with one attached hydrogen (secondary N) is 2. The second-order valence-electron chi connectivity index (χ2n) is 7.87. The van der Waals surface area contributed by atoms with Gasteiger partial charge in [-0.2, -0.15) is 18.4 Å². The first-order chi connectivity index (χ1) is 17.0. The molecule has 2 aromatic carbocycles. The van der Waals surface area contributed by atoms with Crippen LogP contribution in [0.5, 0.6) is 11.5 Å². The number of halogens is 5. The largest absolute Gasteiger partial charge is 0.449 e. The molecule has 1 aromatic heterocycles. The van der Waals surface area contributed by atoms with Crippen molar-refractivity contribution in [3.63, 3.8) is 0 Å². The van der Waals surface area contributed by atoms with Crippen LogP contribution >= 0.6 is 23.2 Å². The lowest BCUT2D eigenvalue weighted by Gasteiger charge is -2.31. The van der Waals surface area contributed by atoms with Gasteiger partial charge in [-0.25, -0.2) is 4.98 Å². The summed E-state index contributed by atoms with van der Waals surface area (Å²) in [5.41, 5.74) is -1.91. The third-order valence-electron chi connectivity index (χ3n) is 5.33. The molecule has 8 nitrogen and oxygen atoms in total. The Morgan fingerprint density at radius 2 is 1.86 bits per heavy atom. The molecule has 0 radical (unpaired) electrons. The first-order valence-corrected chi connectivity index (χ1v) is 11.1. The molecule has 1 saturated heterocycles. The van der Waals surface area contributed by atoms with Crippen LogP contribution < -0.4 is 20.9 Å². The third kappa shape index (κ3) is 5.62. The molecule has 2 atom stereocenters. The number of hydrogen-bond donors (Lipinski definition) is 2. The zero-order valence-electron chi connectivity index (χ0n) is 18.1. The third-order valence-corrected chi connectivity index (χ3v) is 5.80. The Bertz CT molecular complexity index is 1400. The number of hydrogen-bond acceptors (Lipinski definition) is 6. The Balaban J connectivity index is 1.60. The summed E-state index contributed by atoms with van der Waals surface area (Å²) < 4.78 is 46.9. The standard InChI is InChI=1S/C23H16Cl2F3N5O3/c24-15-3-1-13(2-4-15)20-30-9-14(21(34)32-20)10-33-11-31-19(23(26,27)28)18(22(33)35)36-17-6-12(8-29)5-16(25)7-17/h1-7,11,14,20,30H,9-10H2,(H,32,34). The quantitative estimate of drug-likeness (QED) is 0.503. The zero-order valence-corrected chi connectivity index (χ0v) is 19.7. The molecule has 2 N–H and O–H groups in total. The highest BCUT2D eigenvalue weighted by molar-refractivity contribution is 6.31. The fraction of sp³-hybridized carbons (Fsp3) is 0.217. The SMILES string of the molecule is N#Cc1cc(Cl)cc(Oc2c(C(F)(F)F)ncn(CC3CNC(c4ccc(Cl)cc4)NC3=O)c2=O)c1. The maximum absolute atomic E-state index is 13.6. The van der Waals surface area contributed by atoms with Gasteiger partial charge in [-0.1, -0.05) is 35.3 Å². The summed E-state index contributed by atoms with van der Waals surface area (Å²) >= 11 is 11.8. The Kier molecular flexibility index (Phi) is 7.21. The van der Waals surface area contributed by atoms with Crippen molar-refractivity contribution in [3.8, 4) is 17.6 Å². The van der Waals surface area contributed by atoms with Crippen LogP contribution in [0.3, 0.4) is 0 Å². The van der Waals surface area contributed by atoms with Gasteiger partial charge in [0, 0.05) is 23.1 Å². The Morgan fingerprint density at radius 1 is 1.14 bits per heavy atom. The van der Waals surface area contributed by atoms with E-state index >= 15 is 0 Å². The maximum Gasteiger partial charge on any atom is 0.437 e. The summed E-state index contributed by atoms with van der Waals surface area (Å²) in [5.74, 6) is -2.53. The maximum atomic E-state index is 13.6. The minimum Gasteiger partial charge on any atom is -0.449 e. The first-order valence-electron chi connectivity index (χ1n) is 10.4. The predicted molar refractivity (Wildman–Crippen MR) is 124 cm³/mol. The van der Waals surface area contributed by atoms with Crippen LogP contribution in [-0.2, 0) is 17.5 Å². The van der Waals surface area contributed by atoms with Gasteiger partial charge in [0.1, 0.15) is 11.9 Å². The minimum absolute atomic E-state index is 0.0236.